The number of hydrogen-bond acceptors (Lipinski definition) is 3. The van der Waals surface area contributed by atoms with Crippen LogP contribution in [-0.2, 0) is 5.41 Å². The zero-order chi connectivity index (χ0) is 42.5. The van der Waals surface area contributed by atoms with E-state index in [1.807, 2.05) is 60.7 Å². The first-order valence-corrected chi connectivity index (χ1v) is 22.0. The number of aromatic nitrogens is 4. The van der Waals surface area contributed by atoms with Crippen LogP contribution in [0.15, 0.2) is 206 Å². The molecule has 64 heavy (non-hydrogen) atoms. The van der Waals surface area contributed by atoms with Gasteiger partial charge in [-0.25, -0.2) is 15.0 Å². The Morgan fingerprint density at radius 1 is 0.328 bits per heavy atom. The molecule has 0 radical (unpaired) electrons. The zero-order valence-electron chi connectivity index (χ0n) is 35.4. The third-order valence-corrected chi connectivity index (χ3v) is 13.6. The molecule has 0 bridgehead atoms. The van der Waals surface area contributed by atoms with Gasteiger partial charge in [-0.15, -0.1) is 0 Å². The Hall–Kier alpha value is -8.21. The van der Waals surface area contributed by atoms with E-state index in [0.717, 1.165) is 27.9 Å². The number of fused-ring (bicyclic) bond motifs is 10. The van der Waals surface area contributed by atoms with Crippen molar-refractivity contribution in [3.63, 3.8) is 0 Å². The molecule has 0 fully saturated rings. The predicted octanol–water partition coefficient (Wildman–Crippen LogP) is 15.3. The molecule has 300 valence electrons. The Bertz CT molecular complexity index is 3620. The van der Waals surface area contributed by atoms with Gasteiger partial charge in [-0.2, -0.15) is 0 Å². The maximum Gasteiger partial charge on any atom is 0.164 e. The van der Waals surface area contributed by atoms with Gasteiger partial charge in [-0.05, 0) is 109 Å². The Morgan fingerprint density at radius 3 is 1.47 bits per heavy atom. The quantitative estimate of drug-likeness (QED) is 0.168. The van der Waals surface area contributed by atoms with E-state index in [-0.39, 0.29) is 5.41 Å². The lowest BCUT2D eigenvalue weighted by atomic mass is 9.73. The van der Waals surface area contributed by atoms with Crippen LogP contribution >= 0.6 is 0 Å². The summed E-state index contributed by atoms with van der Waals surface area (Å²) >= 11 is 0. The third-order valence-electron chi connectivity index (χ3n) is 13.6. The van der Waals surface area contributed by atoms with Crippen LogP contribution < -0.4 is 0 Å². The summed E-state index contributed by atoms with van der Waals surface area (Å²) in [6.45, 7) is 4.73. The highest BCUT2D eigenvalue weighted by Crippen LogP contribution is 2.56. The summed E-state index contributed by atoms with van der Waals surface area (Å²) in [4.78, 5) is 15.1. The first-order chi connectivity index (χ1) is 31.5. The van der Waals surface area contributed by atoms with Crippen LogP contribution in [0.25, 0.3) is 117 Å². The number of para-hydroxylation sites is 1. The molecule has 2 aromatic heterocycles. The van der Waals surface area contributed by atoms with Crippen LogP contribution in [0.1, 0.15) is 25.0 Å². The van der Waals surface area contributed by atoms with Crippen LogP contribution in [-0.4, -0.2) is 19.5 Å². The van der Waals surface area contributed by atoms with E-state index in [9.17, 15) is 0 Å². The van der Waals surface area contributed by atoms with Gasteiger partial charge in [0, 0.05) is 38.6 Å². The minimum atomic E-state index is -0.0955. The molecule has 0 unspecified atom stereocenters. The van der Waals surface area contributed by atoms with E-state index in [2.05, 4.69) is 164 Å². The second-order valence-electron chi connectivity index (χ2n) is 17.6. The summed E-state index contributed by atoms with van der Waals surface area (Å²) in [6, 6.07) is 74.2. The molecule has 2 heterocycles. The highest BCUT2D eigenvalue weighted by atomic mass is 15.0. The number of hydrogen-bond donors (Lipinski definition) is 0. The van der Waals surface area contributed by atoms with E-state index < -0.39 is 0 Å². The van der Waals surface area contributed by atoms with Gasteiger partial charge in [0.1, 0.15) is 0 Å². The lowest BCUT2D eigenvalue weighted by molar-refractivity contribution is 0.661. The third kappa shape index (κ3) is 5.45. The van der Waals surface area contributed by atoms with Crippen molar-refractivity contribution in [3.05, 3.63) is 217 Å². The number of nitrogens with zero attached hydrogens (tertiary/aromatic N) is 4. The van der Waals surface area contributed by atoms with Gasteiger partial charge in [0.2, 0.25) is 0 Å². The maximum atomic E-state index is 5.06. The van der Waals surface area contributed by atoms with Crippen LogP contribution in [0.2, 0.25) is 0 Å². The van der Waals surface area contributed by atoms with Crippen molar-refractivity contribution in [2.45, 2.75) is 19.3 Å². The Balaban J connectivity index is 0.956. The van der Waals surface area contributed by atoms with Crippen molar-refractivity contribution in [1.82, 2.24) is 19.5 Å². The molecule has 0 saturated heterocycles. The molecule has 4 heteroatoms. The molecule has 9 aromatic carbocycles. The summed E-state index contributed by atoms with van der Waals surface area (Å²) in [5.41, 5.74) is 21.7. The Labute approximate surface area is 371 Å². The standard InChI is InChI=1S/C60H40N4/c1-60(2)51-30-13-12-25-45(51)48-35-50-49-34-40(31-32-53(49)64(54(50)36-52(48)60)42-23-10-5-11-24-42)44-27-16-29-47-46-28-15-26-43(55(46)56(44)47)39-21-14-22-41(33-39)59-62-57(37-17-6-3-7-18-37)61-58(63-59)38-19-8-4-9-20-38/h3-36H,1-2H3. The minimum absolute atomic E-state index is 0.0955. The monoisotopic (exact) mass is 816 g/mol. The van der Waals surface area contributed by atoms with Crippen LogP contribution in [0.5, 0.6) is 0 Å². The van der Waals surface area contributed by atoms with Gasteiger partial charge in [0.05, 0.1) is 11.0 Å². The molecule has 0 N–H and O–H groups in total. The molecule has 13 rings (SSSR count). The van der Waals surface area contributed by atoms with Crippen molar-refractivity contribution in [2.24, 2.45) is 0 Å². The lowest BCUT2D eigenvalue weighted by Gasteiger charge is -2.30. The first kappa shape index (κ1) is 36.4. The molecular formula is C60H40N4. The van der Waals surface area contributed by atoms with Gasteiger partial charge >= 0.3 is 0 Å². The first-order valence-electron chi connectivity index (χ1n) is 22.0. The van der Waals surface area contributed by atoms with Crippen molar-refractivity contribution in [2.75, 3.05) is 0 Å². The zero-order valence-corrected chi connectivity index (χ0v) is 35.4. The molecule has 2 aliphatic rings. The summed E-state index contributed by atoms with van der Waals surface area (Å²) in [5.74, 6) is 1.95. The Morgan fingerprint density at radius 2 is 0.812 bits per heavy atom. The van der Waals surface area contributed by atoms with Crippen molar-refractivity contribution < 1.29 is 0 Å². The van der Waals surface area contributed by atoms with E-state index in [0.29, 0.717) is 17.5 Å². The van der Waals surface area contributed by atoms with Gasteiger partial charge in [-0.3, -0.25) is 0 Å². The van der Waals surface area contributed by atoms with E-state index >= 15 is 0 Å². The average molecular weight is 817 g/mol. The van der Waals surface area contributed by atoms with E-state index in [1.54, 1.807) is 0 Å². The van der Waals surface area contributed by atoms with Gasteiger partial charge < -0.3 is 4.57 Å². The molecule has 0 spiro atoms. The lowest BCUT2D eigenvalue weighted by Crippen LogP contribution is -2.14. The molecule has 11 aromatic rings. The highest BCUT2D eigenvalue weighted by molar-refractivity contribution is 6.16. The largest absolute Gasteiger partial charge is 0.309 e. The van der Waals surface area contributed by atoms with Crippen molar-refractivity contribution in [3.8, 4) is 95.5 Å². The summed E-state index contributed by atoms with van der Waals surface area (Å²) in [7, 11) is 0. The fourth-order valence-electron chi connectivity index (χ4n) is 10.5. The molecule has 0 aliphatic heterocycles. The molecule has 4 nitrogen and oxygen atoms in total. The average Bonchev–Trinajstić information content (AvgIpc) is 3.79. The van der Waals surface area contributed by atoms with E-state index in [1.165, 1.54) is 83.0 Å². The van der Waals surface area contributed by atoms with Crippen LogP contribution in [0, 0.1) is 0 Å². The minimum Gasteiger partial charge on any atom is -0.309 e. The second-order valence-corrected chi connectivity index (χ2v) is 17.6. The Kier molecular flexibility index (Phi) is 7.92. The van der Waals surface area contributed by atoms with Crippen molar-refractivity contribution >= 4 is 21.8 Å². The summed E-state index contributed by atoms with van der Waals surface area (Å²) in [5, 5.41) is 2.52. The van der Waals surface area contributed by atoms with Crippen molar-refractivity contribution in [1.29, 1.82) is 0 Å². The summed E-state index contributed by atoms with van der Waals surface area (Å²) < 4.78 is 2.45. The molecular weight excluding hydrogens is 777 g/mol. The van der Waals surface area contributed by atoms with E-state index in [4.69, 9.17) is 15.0 Å². The predicted molar refractivity (Wildman–Crippen MR) is 263 cm³/mol. The molecule has 0 saturated carbocycles. The second kappa shape index (κ2) is 13.9. The van der Waals surface area contributed by atoms with Crippen LogP contribution in [0.3, 0.4) is 0 Å². The molecule has 0 atom stereocenters. The smallest absolute Gasteiger partial charge is 0.164 e. The summed E-state index contributed by atoms with van der Waals surface area (Å²) in [6.07, 6.45) is 0. The highest BCUT2D eigenvalue weighted by Gasteiger charge is 2.36. The van der Waals surface area contributed by atoms with Gasteiger partial charge in [0.25, 0.3) is 0 Å². The fraction of sp³-hybridized carbons (Fsp3) is 0.0500. The van der Waals surface area contributed by atoms with Gasteiger partial charge in [-0.1, -0.05) is 178 Å². The van der Waals surface area contributed by atoms with Crippen LogP contribution in [0.4, 0.5) is 0 Å². The molecule has 2 aliphatic carbocycles. The van der Waals surface area contributed by atoms with Gasteiger partial charge in [0.15, 0.2) is 17.5 Å². The number of benzene rings is 9. The normalized spacial score (nSPS) is 13.0. The topological polar surface area (TPSA) is 43.6 Å². The SMILES string of the molecule is CC1(C)c2ccccc2-c2cc3c4cc(-c5cccc6c5-c5c(-c7cccc(-c8nc(-c9ccccc9)nc(-c9ccccc9)n8)c7)cccc5-6)ccc4n(-c4ccccc4)c3cc21. The maximum absolute atomic E-state index is 5.06. The fourth-order valence-corrected chi connectivity index (χ4v) is 10.5. The number of rotatable bonds is 6. The molecule has 0 amide bonds.